The van der Waals surface area contributed by atoms with Gasteiger partial charge in [0.1, 0.15) is 17.1 Å². The van der Waals surface area contributed by atoms with Gasteiger partial charge >= 0.3 is 6.18 Å². The zero-order chi connectivity index (χ0) is 14.0. The molecule has 0 saturated heterocycles. The van der Waals surface area contributed by atoms with Crippen LogP contribution in [0.1, 0.15) is 11.4 Å². The first kappa shape index (κ1) is 13.3. The molecule has 0 atom stereocenters. The van der Waals surface area contributed by atoms with Gasteiger partial charge in [-0.1, -0.05) is 17.3 Å². The van der Waals surface area contributed by atoms with E-state index >= 15 is 0 Å². The highest BCUT2D eigenvalue weighted by atomic mass is 19.4. The average Bonchev–Trinajstić information content (AvgIpc) is 2.82. The summed E-state index contributed by atoms with van der Waals surface area (Å²) in [6.45, 7) is -0.843. The molecular weight excluding hydrogens is 263 g/mol. The largest absolute Gasteiger partial charge is 0.494 e. The van der Waals surface area contributed by atoms with Crippen LogP contribution in [0.3, 0.4) is 0 Å². The Bertz CT molecular complexity index is 581. The topological polar surface area (TPSA) is 60.2 Å². The fraction of sp³-hybridized carbons (Fsp3) is 0.273. The van der Waals surface area contributed by atoms with E-state index in [1.807, 2.05) is 0 Å². The maximum Gasteiger partial charge on any atom is 0.435 e. The van der Waals surface area contributed by atoms with Crippen LogP contribution in [0.5, 0.6) is 5.75 Å². The SMILES string of the molecule is COc1ccccc1-n1nnc(CO)c1C(F)(F)F. The Morgan fingerprint density at radius 3 is 2.58 bits per heavy atom. The summed E-state index contributed by atoms with van der Waals surface area (Å²) in [5.41, 5.74) is -1.54. The van der Waals surface area contributed by atoms with Crippen molar-refractivity contribution in [2.45, 2.75) is 12.8 Å². The molecule has 0 fully saturated rings. The van der Waals surface area contributed by atoms with Gasteiger partial charge in [0, 0.05) is 0 Å². The van der Waals surface area contributed by atoms with Gasteiger partial charge in [-0.3, -0.25) is 0 Å². The molecular formula is C11H10F3N3O2. The molecule has 5 nitrogen and oxygen atoms in total. The van der Waals surface area contributed by atoms with E-state index in [1.54, 1.807) is 12.1 Å². The van der Waals surface area contributed by atoms with E-state index in [2.05, 4.69) is 10.3 Å². The summed E-state index contributed by atoms with van der Waals surface area (Å²) < 4.78 is 44.6. The molecule has 2 rings (SSSR count). The molecule has 102 valence electrons. The summed E-state index contributed by atoms with van der Waals surface area (Å²) in [6, 6.07) is 6.11. The average molecular weight is 273 g/mol. The molecule has 0 aliphatic rings. The summed E-state index contributed by atoms with van der Waals surface area (Å²) in [7, 11) is 1.34. The summed E-state index contributed by atoms with van der Waals surface area (Å²) in [5.74, 6) is 0.224. The van der Waals surface area contributed by atoms with E-state index in [4.69, 9.17) is 9.84 Å². The number of para-hydroxylation sites is 2. The lowest BCUT2D eigenvalue weighted by molar-refractivity contribution is -0.144. The predicted octanol–water partition coefficient (Wildman–Crippen LogP) is 1.79. The number of hydrogen-bond acceptors (Lipinski definition) is 4. The fourth-order valence-electron chi connectivity index (χ4n) is 1.68. The molecule has 0 saturated carbocycles. The number of halogens is 3. The molecule has 0 aliphatic heterocycles. The molecule has 19 heavy (non-hydrogen) atoms. The van der Waals surface area contributed by atoms with E-state index in [9.17, 15) is 13.2 Å². The summed E-state index contributed by atoms with van der Waals surface area (Å²) in [4.78, 5) is 0. The highest BCUT2D eigenvalue weighted by molar-refractivity contribution is 5.47. The minimum absolute atomic E-state index is 0.101. The second-order valence-corrected chi connectivity index (χ2v) is 3.62. The molecule has 1 aromatic heterocycles. The standard InChI is InChI=1S/C11H10F3N3O2/c1-19-9-5-3-2-4-8(9)17-10(11(12,13)14)7(6-18)15-16-17/h2-5,18H,6H2,1H3. The van der Waals surface area contributed by atoms with Crippen LogP contribution >= 0.6 is 0 Å². The number of nitrogens with zero attached hydrogens (tertiary/aromatic N) is 3. The van der Waals surface area contributed by atoms with Crippen molar-refractivity contribution in [3.05, 3.63) is 35.7 Å². The normalized spacial score (nSPS) is 11.6. The molecule has 0 spiro atoms. The van der Waals surface area contributed by atoms with Crippen molar-refractivity contribution in [3.8, 4) is 11.4 Å². The van der Waals surface area contributed by atoms with Gasteiger partial charge in [-0.2, -0.15) is 13.2 Å². The first-order valence-electron chi connectivity index (χ1n) is 5.25. The lowest BCUT2D eigenvalue weighted by Gasteiger charge is -2.12. The van der Waals surface area contributed by atoms with Crippen LogP contribution in [0.25, 0.3) is 5.69 Å². The van der Waals surface area contributed by atoms with Crippen LogP contribution in [-0.2, 0) is 12.8 Å². The van der Waals surface area contributed by atoms with Gasteiger partial charge in [-0.25, -0.2) is 4.68 Å². The van der Waals surface area contributed by atoms with Gasteiger partial charge in [0.2, 0.25) is 0 Å². The van der Waals surface area contributed by atoms with Gasteiger partial charge in [-0.15, -0.1) is 5.10 Å². The van der Waals surface area contributed by atoms with Crippen LogP contribution in [-0.4, -0.2) is 27.2 Å². The van der Waals surface area contributed by atoms with E-state index in [0.29, 0.717) is 4.68 Å². The molecule has 0 radical (unpaired) electrons. The number of methoxy groups -OCH3 is 1. The highest BCUT2D eigenvalue weighted by Crippen LogP contribution is 2.34. The summed E-state index contributed by atoms with van der Waals surface area (Å²) in [6.07, 6.45) is -4.68. The molecule has 0 amide bonds. The third kappa shape index (κ3) is 2.39. The molecule has 0 bridgehead atoms. The Kier molecular flexibility index (Phi) is 3.43. The quantitative estimate of drug-likeness (QED) is 0.926. The van der Waals surface area contributed by atoms with Crippen molar-refractivity contribution in [1.82, 2.24) is 15.0 Å². The smallest absolute Gasteiger partial charge is 0.435 e. The number of aliphatic hydroxyl groups excluding tert-OH is 1. The Labute approximate surface area is 106 Å². The summed E-state index contributed by atoms with van der Waals surface area (Å²) in [5, 5.41) is 15.7. The number of aromatic nitrogens is 3. The third-order valence-corrected chi connectivity index (χ3v) is 2.47. The van der Waals surface area contributed by atoms with E-state index in [1.165, 1.54) is 19.2 Å². The van der Waals surface area contributed by atoms with Gasteiger partial charge in [0.15, 0.2) is 5.69 Å². The van der Waals surface area contributed by atoms with Crippen LogP contribution in [0.15, 0.2) is 24.3 Å². The number of benzene rings is 1. The van der Waals surface area contributed by atoms with Crippen LogP contribution in [0.4, 0.5) is 13.2 Å². The van der Waals surface area contributed by atoms with Crippen molar-refractivity contribution in [2.24, 2.45) is 0 Å². The molecule has 1 aromatic carbocycles. The van der Waals surface area contributed by atoms with E-state index < -0.39 is 24.2 Å². The molecule has 2 aromatic rings. The highest BCUT2D eigenvalue weighted by Gasteiger charge is 2.40. The van der Waals surface area contributed by atoms with Crippen molar-refractivity contribution in [2.75, 3.05) is 7.11 Å². The minimum atomic E-state index is -4.68. The molecule has 8 heteroatoms. The van der Waals surface area contributed by atoms with Crippen molar-refractivity contribution in [1.29, 1.82) is 0 Å². The van der Waals surface area contributed by atoms with Gasteiger partial charge in [-0.05, 0) is 12.1 Å². The fourth-order valence-corrected chi connectivity index (χ4v) is 1.68. The second kappa shape index (κ2) is 4.88. The van der Waals surface area contributed by atoms with Gasteiger partial charge < -0.3 is 9.84 Å². The number of aliphatic hydroxyl groups is 1. The number of ether oxygens (including phenoxy) is 1. The van der Waals surface area contributed by atoms with Gasteiger partial charge in [0.25, 0.3) is 0 Å². The van der Waals surface area contributed by atoms with Gasteiger partial charge in [0.05, 0.1) is 13.7 Å². The maximum atomic E-state index is 13.0. The Hall–Kier alpha value is -2.09. The zero-order valence-electron chi connectivity index (χ0n) is 9.85. The van der Waals surface area contributed by atoms with Crippen molar-refractivity contribution < 1.29 is 23.0 Å². The first-order chi connectivity index (χ1) is 8.99. The van der Waals surface area contributed by atoms with E-state index in [0.717, 1.165) is 0 Å². The van der Waals surface area contributed by atoms with E-state index in [-0.39, 0.29) is 11.4 Å². The number of rotatable bonds is 3. The van der Waals surface area contributed by atoms with Crippen LogP contribution in [0.2, 0.25) is 0 Å². The molecule has 0 aliphatic carbocycles. The maximum absolute atomic E-state index is 13.0. The third-order valence-electron chi connectivity index (χ3n) is 2.47. The Morgan fingerprint density at radius 2 is 2.00 bits per heavy atom. The second-order valence-electron chi connectivity index (χ2n) is 3.62. The number of alkyl halides is 3. The first-order valence-corrected chi connectivity index (χ1v) is 5.25. The predicted molar refractivity (Wildman–Crippen MR) is 58.8 cm³/mol. The molecule has 0 unspecified atom stereocenters. The molecule has 1 heterocycles. The number of hydrogen-bond donors (Lipinski definition) is 1. The van der Waals surface area contributed by atoms with Crippen molar-refractivity contribution >= 4 is 0 Å². The monoisotopic (exact) mass is 273 g/mol. The lowest BCUT2D eigenvalue weighted by Crippen LogP contribution is -2.16. The van der Waals surface area contributed by atoms with Crippen LogP contribution in [0, 0.1) is 0 Å². The Morgan fingerprint density at radius 1 is 1.32 bits per heavy atom. The van der Waals surface area contributed by atoms with Crippen molar-refractivity contribution in [3.63, 3.8) is 0 Å². The molecule has 1 N–H and O–H groups in total. The lowest BCUT2D eigenvalue weighted by atomic mass is 10.2. The zero-order valence-corrected chi connectivity index (χ0v) is 9.85. The Balaban J connectivity index is 2.66. The minimum Gasteiger partial charge on any atom is -0.494 e. The summed E-state index contributed by atoms with van der Waals surface area (Å²) >= 11 is 0. The van der Waals surface area contributed by atoms with Crippen LogP contribution < -0.4 is 4.74 Å².